The third-order valence-electron chi connectivity index (χ3n) is 12.8. The fraction of sp³-hybridized carbons (Fsp3) is 0.836. The lowest BCUT2D eigenvalue weighted by molar-refractivity contribution is -0.163. The number of unbranched alkanes of at least 4 members (excludes halogenated alkanes) is 35. The summed E-state index contributed by atoms with van der Waals surface area (Å²) < 4.78 is 17.5. The van der Waals surface area contributed by atoms with Crippen LogP contribution in [-0.2, 0) is 23.8 Å². The van der Waals surface area contributed by atoms with Crippen molar-refractivity contribution in [3.63, 3.8) is 0 Å². The highest BCUT2D eigenvalue weighted by Gasteiger charge is 2.17. The van der Waals surface area contributed by atoms with E-state index < -0.39 is 6.10 Å². The Morgan fingerprint density at radius 3 is 1.11 bits per heavy atom. The van der Waals surface area contributed by atoms with E-state index in [1.165, 1.54) is 212 Å². The molecule has 1 unspecified atom stereocenters. The predicted molar refractivity (Wildman–Crippen MR) is 288 cm³/mol. The summed E-state index contributed by atoms with van der Waals surface area (Å²) in [5.74, 6) is -0.387. The van der Waals surface area contributed by atoms with Crippen molar-refractivity contribution >= 4 is 11.9 Å². The van der Waals surface area contributed by atoms with Gasteiger partial charge >= 0.3 is 11.9 Å². The summed E-state index contributed by atoms with van der Waals surface area (Å²) in [6.45, 7) is 7.75. The molecule has 0 saturated carbocycles. The van der Waals surface area contributed by atoms with Gasteiger partial charge in [-0.3, -0.25) is 9.59 Å². The first-order valence-corrected chi connectivity index (χ1v) is 29.2. The Balaban J connectivity index is 4.22. The first kappa shape index (κ1) is 63.9. The predicted octanol–water partition coefficient (Wildman–Crippen LogP) is 19.9. The number of allylic oxidation sites excluding steroid dienone is 8. The minimum Gasteiger partial charge on any atom is -0.462 e. The maximum atomic E-state index is 12.8. The highest BCUT2D eigenvalue weighted by Crippen LogP contribution is 2.16. The molecule has 0 aromatic carbocycles. The second kappa shape index (κ2) is 57.2. The third-order valence-corrected chi connectivity index (χ3v) is 12.8. The SMILES string of the molecule is CC/C=C\C/C=C\C/C=C\CCCCCCCCCCOCC(COC(=O)CCCCCCCCCCC/C=C\CCCCCCCC)OC(=O)CCCCCCCCCCCCCCC. The molecule has 0 fully saturated rings. The molecule has 0 spiro atoms. The molecule has 0 radical (unpaired) electrons. The quantitative estimate of drug-likeness (QED) is 0.0345. The molecule has 5 heteroatoms. The van der Waals surface area contributed by atoms with Crippen molar-refractivity contribution in [1.29, 1.82) is 0 Å². The number of carbonyl (C=O) groups excluding carboxylic acids is 2. The van der Waals surface area contributed by atoms with Crippen LogP contribution in [0.4, 0.5) is 0 Å². The minimum absolute atomic E-state index is 0.0852. The fourth-order valence-corrected chi connectivity index (χ4v) is 8.52. The van der Waals surface area contributed by atoms with Crippen LogP contribution in [0.5, 0.6) is 0 Å². The molecule has 0 aliphatic heterocycles. The lowest BCUT2D eigenvalue weighted by Crippen LogP contribution is -2.30. The normalized spacial score (nSPS) is 12.5. The van der Waals surface area contributed by atoms with Crippen LogP contribution in [0.3, 0.4) is 0 Å². The molecule has 0 saturated heterocycles. The Kier molecular flexibility index (Phi) is 55.3. The largest absolute Gasteiger partial charge is 0.462 e. The standard InChI is InChI=1S/C61H112O5/c1-4-7-10-13-16-19-22-25-27-29-31-32-34-37-39-42-45-48-51-54-60(62)65-58-59(66-61(63)55-52-49-46-43-40-36-24-21-18-15-12-9-6-3)57-64-56-53-50-47-44-41-38-35-33-30-28-26-23-20-17-14-11-8-5-2/h8,11,17,20,25-28,59H,4-7,9-10,12-16,18-19,21-24,29-58H2,1-3H3/b11-8-,20-17-,27-25-,28-26-. The molecule has 0 aliphatic carbocycles. The van der Waals surface area contributed by atoms with Crippen molar-refractivity contribution in [3.05, 3.63) is 48.6 Å². The summed E-state index contributed by atoms with van der Waals surface area (Å²) in [6.07, 6.45) is 71.3. The van der Waals surface area contributed by atoms with Gasteiger partial charge in [-0.2, -0.15) is 0 Å². The zero-order chi connectivity index (χ0) is 47.7. The van der Waals surface area contributed by atoms with Crippen molar-refractivity contribution in [3.8, 4) is 0 Å². The number of hydrogen-bond donors (Lipinski definition) is 0. The first-order valence-electron chi connectivity index (χ1n) is 29.2. The molecule has 0 amide bonds. The van der Waals surface area contributed by atoms with Gasteiger partial charge in [0.1, 0.15) is 6.61 Å². The molecule has 0 heterocycles. The molecular formula is C61H112O5. The average Bonchev–Trinajstić information content (AvgIpc) is 3.32. The van der Waals surface area contributed by atoms with E-state index in [4.69, 9.17) is 14.2 Å². The van der Waals surface area contributed by atoms with Crippen LogP contribution in [0.2, 0.25) is 0 Å². The van der Waals surface area contributed by atoms with Gasteiger partial charge in [-0.1, -0.05) is 262 Å². The van der Waals surface area contributed by atoms with Gasteiger partial charge in [0.15, 0.2) is 6.10 Å². The summed E-state index contributed by atoms with van der Waals surface area (Å²) in [7, 11) is 0. The lowest BCUT2D eigenvalue weighted by Gasteiger charge is -2.18. The number of ether oxygens (including phenoxy) is 3. The van der Waals surface area contributed by atoms with Crippen molar-refractivity contribution in [2.75, 3.05) is 19.8 Å². The maximum absolute atomic E-state index is 12.8. The van der Waals surface area contributed by atoms with Crippen molar-refractivity contribution in [2.45, 2.75) is 309 Å². The zero-order valence-corrected chi connectivity index (χ0v) is 44.5. The van der Waals surface area contributed by atoms with Crippen LogP contribution in [0, 0.1) is 0 Å². The Bertz CT molecular complexity index is 1090. The summed E-state index contributed by atoms with van der Waals surface area (Å²) >= 11 is 0. The van der Waals surface area contributed by atoms with E-state index in [-0.39, 0.29) is 25.2 Å². The van der Waals surface area contributed by atoms with Crippen molar-refractivity contribution in [1.82, 2.24) is 0 Å². The van der Waals surface area contributed by atoms with Crippen molar-refractivity contribution in [2.24, 2.45) is 0 Å². The van der Waals surface area contributed by atoms with Crippen molar-refractivity contribution < 1.29 is 23.8 Å². The monoisotopic (exact) mass is 925 g/mol. The van der Waals surface area contributed by atoms with E-state index in [2.05, 4.69) is 69.4 Å². The van der Waals surface area contributed by atoms with E-state index >= 15 is 0 Å². The second-order valence-electron chi connectivity index (χ2n) is 19.5. The lowest BCUT2D eigenvalue weighted by atomic mass is 10.0. The Labute approximate surface area is 412 Å². The number of hydrogen-bond acceptors (Lipinski definition) is 5. The Hall–Kier alpha value is -2.14. The smallest absolute Gasteiger partial charge is 0.306 e. The molecule has 5 nitrogen and oxygen atoms in total. The van der Waals surface area contributed by atoms with Crippen LogP contribution in [0.15, 0.2) is 48.6 Å². The van der Waals surface area contributed by atoms with E-state index in [9.17, 15) is 9.59 Å². The van der Waals surface area contributed by atoms with Crippen LogP contribution in [0.25, 0.3) is 0 Å². The molecule has 386 valence electrons. The van der Waals surface area contributed by atoms with E-state index in [1.54, 1.807) is 0 Å². The molecule has 0 aromatic heterocycles. The van der Waals surface area contributed by atoms with Gasteiger partial charge in [-0.15, -0.1) is 0 Å². The first-order chi connectivity index (χ1) is 32.6. The summed E-state index contributed by atoms with van der Waals surface area (Å²) in [6, 6.07) is 0. The molecule has 66 heavy (non-hydrogen) atoms. The van der Waals surface area contributed by atoms with E-state index in [0.29, 0.717) is 19.4 Å². The molecular weight excluding hydrogens is 813 g/mol. The fourth-order valence-electron chi connectivity index (χ4n) is 8.52. The van der Waals surface area contributed by atoms with Gasteiger partial charge in [0, 0.05) is 19.4 Å². The Morgan fingerprint density at radius 2 is 0.682 bits per heavy atom. The highest BCUT2D eigenvalue weighted by atomic mass is 16.6. The van der Waals surface area contributed by atoms with Crippen LogP contribution < -0.4 is 0 Å². The van der Waals surface area contributed by atoms with Gasteiger partial charge in [0.2, 0.25) is 0 Å². The van der Waals surface area contributed by atoms with Gasteiger partial charge in [0.25, 0.3) is 0 Å². The second-order valence-corrected chi connectivity index (χ2v) is 19.5. The molecule has 0 rings (SSSR count). The van der Waals surface area contributed by atoms with E-state index in [1.807, 2.05) is 0 Å². The van der Waals surface area contributed by atoms with Gasteiger partial charge < -0.3 is 14.2 Å². The van der Waals surface area contributed by atoms with E-state index in [0.717, 1.165) is 57.8 Å². The zero-order valence-electron chi connectivity index (χ0n) is 44.5. The van der Waals surface area contributed by atoms with Gasteiger partial charge in [-0.25, -0.2) is 0 Å². The summed E-state index contributed by atoms with van der Waals surface area (Å²) in [5, 5.41) is 0. The topological polar surface area (TPSA) is 61.8 Å². The van der Waals surface area contributed by atoms with Crippen LogP contribution in [0.1, 0.15) is 303 Å². The molecule has 1 atom stereocenters. The third kappa shape index (κ3) is 54.5. The highest BCUT2D eigenvalue weighted by molar-refractivity contribution is 5.70. The van der Waals surface area contributed by atoms with Crippen LogP contribution >= 0.6 is 0 Å². The Morgan fingerprint density at radius 1 is 0.348 bits per heavy atom. The van der Waals surface area contributed by atoms with Crippen LogP contribution in [-0.4, -0.2) is 37.9 Å². The van der Waals surface area contributed by atoms with Gasteiger partial charge in [0.05, 0.1) is 6.61 Å². The summed E-state index contributed by atoms with van der Waals surface area (Å²) in [5.41, 5.74) is 0. The molecule has 0 aliphatic rings. The number of carbonyl (C=O) groups is 2. The molecule has 0 bridgehead atoms. The maximum Gasteiger partial charge on any atom is 0.306 e. The van der Waals surface area contributed by atoms with Gasteiger partial charge in [-0.05, 0) is 77.0 Å². The number of rotatable bonds is 54. The molecule has 0 N–H and O–H groups in total. The average molecular weight is 926 g/mol. The summed E-state index contributed by atoms with van der Waals surface area (Å²) in [4.78, 5) is 25.5. The number of esters is 2. The minimum atomic E-state index is -0.538. The molecule has 0 aromatic rings.